The van der Waals surface area contributed by atoms with E-state index in [0.717, 1.165) is 48.2 Å². The van der Waals surface area contributed by atoms with Gasteiger partial charge in [-0.25, -0.2) is 0 Å². The Morgan fingerprint density at radius 3 is 2.74 bits per heavy atom. The number of carbonyl (C=O) groups excluding carboxylic acids is 3. The van der Waals surface area contributed by atoms with E-state index in [1.807, 2.05) is 37.3 Å². The monoisotopic (exact) mass is 571 g/mol. The molecule has 3 aromatic rings. The van der Waals surface area contributed by atoms with Crippen LogP contribution in [0.2, 0.25) is 0 Å². The van der Waals surface area contributed by atoms with E-state index < -0.39 is 5.92 Å². The molecule has 3 aliphatic rings. The second-order valence-electron chi connectivity index (χ2n) is 11.5. The highest BCUT2D eigenvalue weighted by Crippen LogP contribution is 2.35. The third kappa shape index (κ3) is 6.17. The van der Waals surface area contributed by atoms with Gasteiger partial charge in [-0.2, -0.15) is 0 Å². The maximum atomic E-state index is 13.6. The minimum atomic E-state index is -0.398. The van der Waals surface area contributed by atoms with Crippen LogP contribution in [0.3, 0.4) is 0 Å². The molecule has 0 radical (unpaired) electrons. The quantitative estimate of drug-likeness (QED) is 0.513. The highest BCUT2D eigenvalue weighted by molar-refractivity contribution is 5.95. The predicted molar refractivity (Wildman–Crippen MR) is 154 cm³/mol. The Hall–Kier alpha value is -4.21. The Bertz CT molecular complexity index is 1470. The molecule has 42 heavy (non-hydrogen) atoms. The maximum absolute atomic E-state index is 13.6. The molecule has 0 spiro atoms. The number of benzene rings is 1. The molecule has 1 N–H and O–H groups in total. The molecule has 10 heteroatoms. The lowest BCUT2D eigenvalue weighted by Crippen LogP contribution is -2.40. The van der Waals surface area contributed by atoms with Gasteiger partial charge in [0, 0.05) is 50.1 Å². The SMILES string of the molecule is Cc1cc(CC(=O)N2CCCNC(=O)[C@H]3CN(C(=O)c4cnc5c(c4)CCCC5)C[C@@H]3c3cccc(c3)OCC2)on1. The van der Waals surface area contributed by atoms with Gasteiger partial charge in [-0.1, -0.05) is 17.3 Å². The van der Waals surface area contributed by atoms with Gasteiger partial charge in [0.05, 0.1) is 30.1 Å². The van der Waals surface area contributed by atoms with E-state index in [9.17, 15) is 14.4 Å². The smallest absolute Gasteiger partial charge is 0.255 e. The maximum Gasteiger partial charge on any atom is 0.255 e. The van der Waals surface area contributed by atoms with E-state index in [1.54, 1.807) is 22.1 Å². The van der Waals surface area contributed by atoms with Crippen LogP contribution >= 0.6 is 0 Å². The molecule has 2 bridgehead atoms. The van der Waals surface area contributed by atoms with Crippen LogP contribution in [0.1, 0.15) is 63.8 Å². The van der Waals surface area contributed by atoms with Crippen LogP contribution in [0.5, 0.6) is 5.75 Å². The lowest BCUT2D eigenvalue weighted by atomic mass is 9.88. The molecule has 1 aliphatic carbocycles. The average molecular weight is 572 g/mol. The fourth-order valence-corrected chi connectivity index (χ4v) is 6.30. The minimum absolute atomic E-state index is 0.0800. The number of aryl methyl sites for hydroxylation is 3. The number of nitrogens with zero attached hydrogens (tertiary/aromatic N) is 4. The number of nitrogens with one attached hydrogen (secondary N) is 1. The molecule has 220 valence electrons. The normalized spacial score (nSPS) is 21.0. The summed E-state index contributed by atoms with van der Waals surface area (Å²) in [6.45, 7) is 4.24. The molecule has 0 saturated carbocycles. The van der Waals surface area contributed by atoms with Gasteiger partial charge >= 0.3 is 0 Å². The standard InChI is InChI=1S/C32H37N5O5/c1-21-14-26(42-35-21)17-30(38)36-11-5-10-33-31(39)28-20-37(19-27(28)22-7-4-8-25(16-22)41-13-12-36)32(40)24-15-23-6-2-3-9-29(23)34-18-24/h4,7-8,14-16,18,27-28H,2-3,5-6,9-13,17,19-20H2,1H3,(H,33,39)/t27-,28+/m1/s1. The summed E-state index contributed by atoms with van der Waals surface area (Å²) in [7, 11) is 0. The van der Waals surface area contributed by atoms with E-state index in [4.69, 9.17) is 9.26 Å². The number of carbonyl (C=O) groups is 3. The van der Waals surface area contributed by atoms with E-state index in [1.165, 1.54) is 0 Å². The number of ether oxygens (including phenoxy) is 1. The zero-order valence-corrected chi connectivity index (χ0v) is 24.0. The van der Waals surface area contributed by atoms with Crippen molar-refractivity contribution in [3.05, 3.63) is 76.4 Å². The summed E-state index contributed by atoms with van der Waals surface area (Å²) >= 11 is 0. The summed E-state index contributed by atoms with van der Waals surface area (Å²) in [5, 5.41) is 6.95. The van der Waals surface area contributed by atoms with Gasteiger partial charge < -0.3 is 24.4 Å². The number of fused-ring (bicyclic) bond motifs is 5. The summed E-state index contributed by atoms with van der Waals surface area (Å²) in [4.78, 5) is 48.3. The zero-order chi connectivity index (χ0) is 29.1. The fraction of sp³-hybridized carbons (Fsp3) is 0.469. The first-order valence-electron chi connectivity index (χ1n) is 14.9. The number of amides is 3. The van der Waals surface area contributed by atoms with Crippen LogP contribution in [0.4, 0.5) is 0 Å². The summed E-state index contributed by atoms with van der Waals surface area (Å²) in [6, 6.07) is 11.5. The molecule has 3 amide bonds. The number of hydrogen-bond donors (Lipinski definition) is 1. The second kappa shape index (κ2) is 12.3. The van der Waals surface area contributed by atoms with Gasteiger partial charge in [-0.15, -0.1) is 0 Å². The van der Waals surface area contributed by atoms with Gasteiger partial charge in [0.2, 0.25) is 11.8 Å². The molecule has 6 rings (SSSR count). The molecule has 2 atom stereocenters. The number of likely N-dealkylation sites (tertiary alicyclic amines) is 1. The topological polar surface area (TPSA) is 118 Å². The summed E-state index contributed by atoms with van der Waals surface area (Å²) < 4.78 is 11.3. The Balaban J connectivity index is 1.18. The average Bonchev–Trinajstić information content (AvgIpc) is 3.63. The molecule has 0 unspecified atom stereocenters. The number of aromatic nitrogens is 2. The fourth-order valence-electron chi connectivity index (χ4n) is 6.30. The van der Waals surface area contributed by atoms with Gasteiger partial charge in [-0.05, 0) is 68.4 Å². The number of pyridine rings is 1. The van der Waals surface area contributed by atoms with Crippen LogP contribution in [0, 0.1) is 12.8 Å². The molecular weight excluding hydrogens is 534 g/mol. The number of rotatable bonds is 3. The van der Waals surface area contributed by atoms with Crippen molar-refractivity contribution < 1.29 is 23.6 Å². The molecular formula is C32H37N5O5. The van der Waals surface area contributed by atoms with Crippen LogP contribution in [0.15, 0.2) is 47.1 Å². The third-order valence-corrected chi connectivity index (χ3v) is 8.54. The van der Waals surface area contributed by atoms with E-state index in [2.05, 4.69) is 15.5 Å². The van der Waals surface area contributed by atoms with Crippen LogP contribution in [0.25, 0.3) is 0 Å². The number of hydrogen-bond acceptors (Lipinski definition) is 7. The zero-order valence-electron chi connectivity index (χ0n) is 24.0. The summed E-state index contributed by atoms with van der Waals surface area (Å²) in [5.74, 6) is 0.389. The molecule has 2 aliphatic heterocycles. The van der Waals surface area contributed by atoms with Crippen molar-refractivity contribution in [1.82, 2.24) is 25.3 Å². The van der Waals surface area contributed by atoms with E-state index in [-0.39, 0.29) is 30.1 Å². The summed E-state index contributed by atoms with van der Waals surface area (Å²) in [6.07, 6.45) is 6.57. The second-order valence-corrected chi connectivity index (χ2v) is 11.5. The van der Waals surface area contributed by atoms with Crippen molar-refractivity contribution in [1.29, 1.82) is 0 Å². The van der Waals surface area contributed by atoms with Gasteiger partial charge in [0.25, 0.3) is 5.91 Å². The Labute approximate surface area is 245 Å². The van der Waals surface area contributed by atoms with Crippen LogP contribution in [-0.4, -0.2) is 77.0 Å². The largest absolute Gasteiger partial charge is 0.492 e. The van der Waals surface area contributed by atoms with Gasteiger partial charge in [0.15, 0.2) is 0 Å². The van der Waals surface area contributed by atoms with Crippen LogP contribution in [-0.2, 0) is 28.9 Å². The van der Waals surface area contributed by atoms with Crippen molar-refractivity contribution in [2.24, 2.45) is 5.92 Å². The van der Waals surface area contributed by atoms with Gasteiger partial charge in [-0.3, -0.25) is 19.4 Å². The first-order chi connectivity index (χ1) is 20.4. The lowest BCUT2D eigenvalue weighted by molar-refractivity contribution is -0.131. The van der Waals surface area contributed by atoms with E-state index >= 15 is 0 Å². The highest BCUT2D eigenvalue weighted by Gasteiger charge is 2.41. The first-order valence-corrected chi connectivity index (χ1v) is 14.9. The Morgan fingerprint density at radius 1 is 1.02 bits per heavy atom. The minimum Gasteiger partial charge on any atom is -0.492 e. The van der Waals surface area contributed by atoms with Crippen molar-refractivity contribution in [2.45, 2.75) is 51.4 Å². The molecule has 4 heterocycles. The lowest BCUT2D eigenvalue weighted by Gasteiger charge is -2.24. The van der Waals surface area contributed by atoms with Gasteiger partial charge in [0.1, 0.15) is 18.1 Å². The summed E-state index contributed by atoms with van der Waals surface area (Å²) in [5.41, 5.74) is 4.53. The van der Waals surface area contributed by atoms with Crippen molar-refractivity contribution in [3.8, 4) is 5.75 Å². The Morgan fingerprint density at radius 2 is 1.88 bits per heavy atom. The first kappa shape index (κ1) is 27.9. The van der Waals surface area contributed by atoms with Crippen molar-refractivity contribution in [2.75, 3.05) is 39.3 Å². The van der Waals surface area contributed by atoms with Crippen molar-refractivity contribution >= 4 is 17.7 Å². The molecule has 10 nitrogen and oxygen atoms in total. The molecule has 1 saturated heterocycles. The predicted octanol–water partition coefficient (Wildman–Crippen LogP) is 3.08. The molecule has 2 aromatic heterocycles. The van der Waals surface area contributed by atoms with Crippen molar-refractivity contribution in [3.63, 3.8) is 0 Å². The third-order valence-electron chi connectivity index (χ3n) is 8.54. The van der Waals surface area contributed by atoms with Crippen LogP contribution < -0.4 is 10.1 Å². The highest BCUT2D eigenvalue weighted by atomic mass is 16.5. The Kier molecular flexibility index (Phi) is 8.21. The molecule has 1 aromatic carbocycles. The molecule has 1 fully saturated rings. The van der Waals surface area contributed by atoms with E-state index in [0.29, 0.717) is 62.8 Å².